The Morgan fingerprint density at radius 1 is 1.36 bits per heavy atom. The van der Waals surface area contributed by atoms with Crippen molar-refractivity contribution in [1.82, 2.24) is 4.98 Å². The van der Waals surface area contributed by atoms with Gasteiger partial charge in [0.25, 0.3) is 5.91 Å². The molecule has 0 saturated heterocycles. The van der Waals surface area contributed by atoms with Crippen molar-refractivity contribution in [2.45, 2.75) is 45.6 Å². The molecule has 2 heterocycles. The summed E-state index contributed by atoms with van der Waals surface area (Å²) in [5, 5.41) is 3.71. The van der Waals surface area contributed by atoms with Gasteiger partial charge in [-0.15, -0.1) is 11.8 Å². The van der Waals surface area contributed by atoms with E-state index in [1.165, 1.54) is 0 Å². The number of amides is 1. The van der Waals surface area contributed by atoms with E-state index in [4.69, 9.17) is 4.42 Å². The van der Waals surface area contributed by atoms with Crippen molar-refractivity contribution in [3.8, 4) is 0 Å². The number of hydrogen-bond donors (Lipinski definition) is 1. The number of Topliss-reactive ketones (excluding diaryl/α,β-unsaturated/α-hetero) is 1. The fourth-order valence-corrected chi connectivity index (χ4v) is 3.76. The zero-order valence-electron chi connectivity index (χ0n) is 14.9. The Hall–Kier alpha value is -2.08. The van der Waals surface area contributed by atoms with Gasteiger partial charge in [-0.1, -0.05) is 20.8 Å². The van der Waals surface area contributed by atoms with Crippen LogP contribution >= 0.6 is 11.8 Å². The van der Waals surface area contributed by atoms with E-state index in [-0.39, 0.29) is 22.9 Å². The molecule has 132 valence electrons. The molecule has 2 aromatic rings. The van der Waals surface area contributed by atoms with Gasteiger partial charge in [0.05, 0.1) is 22.5 Å². The number of rotatable bonds is 4. The van der Waals surface area contributed by atoms with Crippen LogP contribution in [0.15, 0.2) is 27.8 Å². The summed E-state index contributed by atoms with van der Waals surface area (Å²) in [7, 11) is 0. The van der Waals surface area contributed by atoms with E-state index in [0.29, 0.717) is 35.4 Å². The van der Waals surface area contributed by atoms with Crippen molar-refractivity contribution >= 4 is 29.1 Å². The molecule has 1 aliphatic carbocycles. The van der Waals surface area contributed by atoms with Crippen LogP contribution < -0.4 is 5.32 Å². The summed E-state index contributed by atoms with van der Waals surface area (Å²) in [6, 6.07) is 3.69. The lowest BCUT2D eigenvalue weighted by Gasteiger charge is -2.27. The summed E-state index contributed by atoms with van der Waals surface area (Å²) in [5.74, 6) is 1.48. The SMILES string of the molecule is CCSc1ccc(NC(=O)c2oc3c(c2C)C(=O)CC(C)(C)C3)cn1. The minimum atomic E-state index is -0.352. The summed E-state index contributed by atoms with van der Waals surface area (Å²) in [5.41, 5.74) is 1.67. The number of thioether (sulfide) groups is 1. The van der Waals surface area contributed by atoms with Crippen molar-refractivity contribution in [2.24, 2.45) is 5.41 Å². The molecule has 0 unspecified atom stereocenters. The number of aromatic nitrogens is 1. The predicted octanol–water partition coefficient (Wildman–Crippen LogP) is 4.50. The molecule has 0 saturated carbocycles. The Kier molecular flexibility index (Phi) is 4.73. The monoisotopic (exact) mass is 358 g/mol. The summed E-state index contributed by atoms with van der Waals surface area (Å²) in [4.78, 5) is 29.3. The van der Waals surface area contributed by atoms with E-state index in [1.54, 1.807) is 24.9 Å². The first-order valence-electron chi connectivity index (χ1n) is 8.36. The third kappa shape index (κ3) is 3.63. The van der Waals surface area contributed by atoms with E-state index >= 15 is 0 Å². The van der Waals surface area contributed by atoms with Gasteiger partial charge < -0.3 is 9.73 Å². The molecule has 6 heteroatoms. The number of ketones is 1. The Balaban J connectivity index is 1.83. The number of anilines is 1. The van der Waals surface area contributed by atoms with Gasteiger partial charge in [0, 0.05) is 18.4 Å². The molecule has 0 atom stereocenters. The molecule has 1 N–H and O–H groups in total. The van der Waals surface area contributed by atoms with Gasteiger partial charge in [0.1, 0.15) is 5.76 Å². The maximum absolute atomic E-state index is 12.6. The van der Waals surface area contributed by atoms with Crippen LogP contribution in [-0.2, 0) is 6.42 Å². The minimum absolute atomic E-state index is 0.0501. The normalized spacial score (nSPS) is 15.8. The maximum Gasteiger partial charge on any atom is 0.291 e. The van der Waals surface area contributed by atoms with Crippen molar-refractivity contribution < 1.29 is 14.0 Å². The van der Waals surface area contributed by atoms with Gasteiger partial charge in [0.2, 0.25) is 0 Å². The first-order chi connectivity index (χ1) is 11.8. The average Bonchev–Trinajstić information content (AvgIpc) is 2.85. The summed E-state index contributed by atoms with van der Waals surface area (Å²) in [6.45, 7) is 7.90. The molecule has 0 aromatic carbocycles. The second kappa shape index (κ2) is 6.67. The van der Waals surface area contributed by atoms with E-state index in [2.05, 4.69) is 17.2 Å². The highest BCUT2D eigenvalue weighted by Crippen LogP contribution is 2.38. The molecular weight excluding hydrogens is 336 g/mol. The number of hydrogen-bond acceptors (Lipinski definition) is 5. The third-order valence-corrected chi connectivity index (χ3v) is 5.10. The number of furan rings is 1. The van der Waals surface area contributed by atoms with Crippen molar-refractivity contribution in [3.63, 3.8) is 0 Å². The molecule has 2 aromatic heterocycles. The molecule has 1 amide bonds. The molecule has 3 rings (SSSR count). The van der Waals surface area contributed by atoms with E-state index in [9.17, 15) is 9.59 Å². The fraction of sp³-hybridized carbons (Fsp3) is 0.421. The lowest BCUT2D eigenvalue weighted by atomic mass is 9.76. The van der Waals surface area contributed by atoms with Crippen molar-refractivity contribution in [1.29, 1.82) is 0 Å². The third-order valence-electron chi connectivity index (χ3n) is 4.27. The van der Waals surface area contributed by atoms with Crippen LogP contribution in [0.2, 0.25) is 0 Å². The number of nitrogens with one attached hydrogen (secondary N) is 1. The van der Waals surface area contributed by atoms with Crippen LogP contribution in [0, 0.1) is 12.3 Å². The van der Waals surface area contributed by atoms with Crippen LogP contribution in [-0.4, -0.2) is 22.4 Å². The number of carbonyl (C=O) groups excluding carboxylic acids is 2. The van der Waals surface area contributed by atoms with Crippen molar-refractivity contribution in [3.05, 3.63) is 41.0 Å². The zero-order valence-corrected chi connectivity index (χ0v) is 15.8. The topological polar surface area (TPSA) is 72.2 Å². The molecule has 0 fully saturated rings. The number of pyridine rings is 1. The van der Waals surface area contributed by atoms with Gasteiger partial charge in [-0.25, -0.2) is 4.98 Å². The maximum atomic E-state index is 12.6. The highest BCUT2D eigenvalue weighted by Gasteiger charge is 2.37. The van der Waals surface area contributed by atoms with Crippen molar-refractivity contribution in [2.75, 3.05) is 11.1 Å². The Morgan fingerprint density at radius 3 is 2.76 bits per heavy atom. The van der Waals surface area contributed by atoms with Crippen LogP contribution in [0.4, 0.5) is 5.69 Å². The van der Waals surface area contributed by atoms with Gasteiger partial charge in [-0.3, -0.25) is 9.59 Å². The molecule has 25 heavy (non-hydrogen) atoms. The van der Waals surface area contributed by atoms with Crippen LogP contribution in [0.25, 0.3) is 0 Å². The Bertz CT molecular complexity index is 822. The second-order valence-corrected chi connectivity index (χ2v) is 8.35. The fourth-order valence-electron chi connectivity index (χ4n) is 3.17. The van der Waals surface area contributed by atoms with E-state index < -0.39 is 0 Å². The Morgan fingerprint density at radius 2 is 2.12 bits per heavy atom. The predicted molar refractivity (Wildman–Crippen MR) is 98.5 cm³/mol. The van der Waals surface area contributed by atoms with Crippen LogP contribution in [0.5, 0.6) is 0 Å². The van der Waals surface area contributed by atoms with E-state index in [1.807, 2.05) is 26.0 Å². The molecule has 0 spiro atoms. The molecule has 0 aliphatic heterocycles. The standard InChI is InChI=1S/C19H22N2O3S/c1-5-25-15-7-6-12(10-20-15)21-18(23)17-11(2)16-13(22)8-19(3,4)9-14(16)24-17/h6-7,10H,5,8-9H2,1-4H3,(H,21,23). The molecule has 1 aliphatic rings. The second-order valence-electron chi connectivity index (χ2n) is 7.07. The van der Waals surface area contributed by atoms with Gasteiger partial charge in [-0.05, 0) is 30.2 Å². The Labute approximate surface area is 151 Å². The minimum Gasteiger partial charge on any atom is -0.455 e. The molecule has 0 radical (unpaired) electrons. The van der Waals surface area contributed by atoms with Gasteiger partial charge in [0.15, 0.2) is 11.5 Å². The summed E-state index contributed by atoms with van der Waals surface area (Å²) >= 11 is 1.64. The lowest BCUT2D eigenvalue weighted by molar-refractivity contribution is 0.0898. The van der Waals surface area contributed by atoms with Crippen LogP contribution in [0.3, 0.4) is 0 Å². The van der Waals surface area contributed by atoms with Gasteiger partial charge in [-0.2, -0.15) is 0 Å². The number of nitrogens with zero attached hydrogens (tertiary/aromatic N) is 1. The highest BCUT2D eigenvalue weighted by molar-refractivity contribution is 7.99. The summed E-state index contributed by atoms with van der Waals surface area (Å²) in [6.07, 6.45) is 2.76. The van der Waals surface area contributed by atoms with E-state index in [0.717, 1.165) is 10.8 Å². The summed E-state index contributed by atoms with van der Waals surface area (Å²) < 4.78 is 5.78. The number of carbonyl (C=O) groups is 2. The molecule has 5 nitrogen and oxygen atoms in total. The first-order valence-corrected chi connectivity index (χ1v) is 9.35. The largest absolute Gasteiger partial charge is 0.455 e. The number of fused-ring (bicyclic) bond motifs is 1. The quantitative estimate of drug-likeness (QED) is 0.815. The first kappa shape index (κ1) is 17.7. The lowest BCUT2D eigenvalue weighted by Crippen LogP contribution is -2.26. The molecular formula is C19H22N2O3S. The highest BCUT2D eigenvalue weighted by atomic mass is 32.2. The average molecular weight is 358 g/mol. The molecule has 0 bridgehead atoms. The van der Waals surface area contributed by atoms with Gasteiger partial charge >= 0.3 is 0 Å². The smallest absolute Gasteiger partial charge is 0.291 e. The van der Waals surface area contributed by atoms with Crippen LogP contribution in [0.1, 0.15) is 59.4 Å². The zero-order chi connectivity index (χ0) is 18.2.